The van der Waals surface area contributed by atoms with Crippen molar-refractivity contribution in [2.75, 3.05) is 20.1 Å². The summed E-state index contributed by atoms with van der Waals surface area (Å²) in [7, 11) is 2.18. The van der Waals surface area contributed by atoms with E-state index in [0.717, 1.165) is 18.5 Å². The number of aryl methyl sites for hydroxylation is 1. The van der Waals surface area contributed by atoms with E-state index in [1.807, 2.05) is 6.92 Å². The van der Waals surface area contributed by atoms with Gasteiger partial charge in [0.25, 0.3) is 5.56 Å². The van der Waals surface area contributed by atoms with Gasteiger partial charge >= 0.3 is 0 Å². The van der Waals surface area contributed by atoms with Crippen molar-refractivity contribution in [1.82, 2.24) is 24.4 Å². The molecule has 3 aromatic heterocycles. The Bertz CT molecular complexity index is 1090. The van der Waals surface area contributed by atoms with Crippen molar-refractivity contribution in [3.63, 3.8) is 0 Å². The van der Waals surface area contributed by atoms with Crippen molar-refractivity contribution in [2.45, 2.75) is 64.5 Å². The molecule has 1 fully saturated rings. The number of carbonyl (C=O) groups is 1. The number of furan rings is 1. The summed E-state index contributed by atoms with van der Waals surface area (Å²) >= 11 is 0. The molecule has 1 atom stereocenters. The summed E-state index contributed by atoms with van der Waals surface area (Å²) in [4.78, 5) is 28.0. The van der Waals surface area contributed by atoms with Gasteiger partial charge in [-0.2, -0.15) is 5.10 Å². The number of amides is 1. The van der Waals surface area contributed by atoms with E-state index < -0.39 is 6.04 Å². The molecule has 1 aliphatic rings. The second-order valence-electron chi connectivity index (χ2n) is 8.43. The highest BCUT2D eigenvalue weighted by molar-refractivity contribution is 5.83. The van der Waals surface area contributed by atoms with Crippen molar-refractivity contribution in [1.29, 1.82) is 0 Å². The molecule has 3 heterocycles. The molecule has 0 spiro atoms. The average Bonchev–Trinajstić information content (AvgIpc) is 3.35. The third-order valence-corrected chi connectivity index (χ3v) is 6.36. The second kappa shape index (κ2) is 8.63. The van der Waals surface area contributed by atoms with Crippen LogP contribution in [0.2, 0.25) is 0 Å². The van der Waals surface area contributed by atoms with E-state index in [9.17, 15) is 9.59 Å². The standard InChI is InChI=1S/C22H31N5O3/c1-15(21(28)23-11-7-12-25(3)17-8-5-4-6-9-17)27-22(29)19-14-20-18(10-13-30-20)26(19)16(2)24-27/h10,13-15,17H,4-9,11-12H2,1-3H3,(H,23,28). The monoisotopic (exact) mass is 413 g/mol. The van der Waals surface area contributed by atoms with Crippen molar-refractivity contribution >= 4 is 22.5 Å². The van der Waals surface area contributed by atoms with Gasteiger partial charge in [-0.05, 0) is 46.7 Å². The molecule has 162 valence electrons. The van der Waals surface area contributed by atoms with E-state index in [4.69, 9.17) is 4.42 Å². The molecular formula is C22H31N5O3. The summed E-state index contributed by atoms with van der Waals surface area (Å²) in [6.07, 6.45) is 9.03. The minimum atomic E-state index is -0.682. The Labute approximate surface area is 175 Å². The summed E-state index contributed by atoms with van der Waals surface area (Å²) < 4.78 is 8.45. The molecule has 1 N–H and O–H groups in total. The number of rotatable bonds is 7. The maximum atomic E-state index is 12.9. The zero-order valence-electron chi connectivity index (χ0n) is 18.1. The first-order valence-corrected chi connectivity index (χ1v) is 10.9. The van der Waals surface area contributed by atoms with Crippen LogP contribution in [-0.4, -0.2) is 51.2 Å². The third kappa shape index (κ3) is 3.88. The molecule has 1 aliphatic carbocycles. The second-order valence-corrected chi connectivity index (χ2v) is 8.43. The summed E-state index contributed by atoms with van der Waals surface area (Å²) in [6, 6.07) is 3.50. The number of nitrogens with zero attached hydrogens (tertiary/aromatic N) is 4. The van der Waals surface area contributed by atoms with Crippen LogP contribution in [-0.2, 0) is 4.79 Å². The Morgan fingerprint density at radius 1 is 1.33 bits per heavy atom. The van der Waals surface area contributed by atoms with E-state index in [2.05, 4.69) is 22.4 Å². The minimum Gasteiger partial charge on any atom is -0.463 e. The molecule has 1 unspecified atom stereocenters. The molecule has 0 aromatic carbocycles. The number of hydrogen-bond acceptors (Lipinski definition) is 5. The fraction of sp³-hybridized carbons (Fsp3) is 0.591. The molecule has 0 bridgehead atoms. The Hall–Kier alpha value is -2.61. The first-order valence-electron chi connectivity index (χ1n) is 10.9. The fourth-order valence-corrected chi connectivity index (χ4v) is 4.56. The maximum absolute atomic E-state index is 12.9. The predicted octanol–water partition coefficient (Wildman–Crippen LogP) is 2.88. The molecule has 3 aromatic rings. The SMILES string of the molecule is Cc1nn(C(C)C(=O)NCCCN(C)C2CCCCC2)c(=O)c2cc3occc3n12. The molecule has 0 saturated heterocycles. The average molecular weight is 414 g/mol. The highest BCUT2D eigenvalue weighted by Gasteiger charge is 2.22. The van der Waals surface area contributed by atoms with Crippen molar-refractivity contribution < 1.29 is 9.21 Å². The predicted molar refractivity (Wildman–Crippen MR) is 116 cm³/mol. The highest BCUT2D eigenvalue weighted by atomic mass is 16.3. The fourth-order valence-electron chi connectivity index (χ4n) is 4.56. The molecule has 1 saturated carbocycles. The molecule has 0 radical (unpaired) electrons. The van der Waals surface area contributed by atoms with E-state index in [1.165, 1.54) is 36.8 Å². The van der Waals surface area contributed by atoms with E-state index in [0.29, 0.717) is 29.5 Å². The molecular weight excluding hydrogens is 382 g/mol. The van der Waals surface area contributed by atoms with Crippen molar-refractivity contribution in [3.05, 3.63) is 34.6 Å². The van der Waals surface area contributed by atoms with Gasteiger partial charge in [-0.1, -0.05) is 19.3 Å². The molecule has 8 nitrogen and oxygen atoms in total. The number of fused-ring (bicyclic) bond motifs is 3. The summed E-state index contributed by atoms with van der Waals surface area (Å²) in [5, 5.41) is 7.36. The lowest BCUT2D eigenvalue weighted by Gasteiger charge is -2.31. The Morgan fingerprint density at radius 3 is 2.87 bits per heavy atom. The summed E-state index contributed by atoms with van der Waals surface area (Å²) in [6.45, 7) is 5.09. The van der Waals surface area contributed by atoms with Gasteiger partial charge < -0.3 is 14.6 Å². The zero-order chi connectivity index (χ0) is 21.3. The van der Waals surface area contributed by atoms with Crippen molar-refractivity contribution in [2.24, 2.45) is 0 Å². The lowest BCUT2D eigenvalue weighted by molar-refractivity contribution is -0.124. The Morgan fingerprint density at radius 2 is 2.10 bits per heavy atom. The van der Waals surface area contributed by atoms with Crippen LogP contribution in [0.1, 0.15) is 57.3 Å². The van der Waals surface area contributed by atoms with Gasteiger partial charge in [0, 0.05) is 24.7 Å². The largest absolute Gasteiger partial charge is 0.463 e. The molecule has 8 heteroatoms. The first-order chi connectivity index (χ1) is 14.5. The van der Waals surface area contributed by atoms with E-state index >= 15 is 0 Å². The van der Waals surface area contributed by atoms with Crippen LogP contribution >= 0.6 is 0 Å². The zero-order valence-corrected chi connectivity index (χ0v) is 18.1. The van der Waals surface area contributed by atoms with Gasteiger partial charge in [0.15, 0.2) is 5.58 Å². The topological polar surface area (TPSA) is 84.8 Å². The van der Waals surface area contributed by atoms with Crippen LogP contribution in [0.25, 0.3) is 16.6 Å². The first kappa shape index (κ1) is 20.7. The van der Waals surface area contributed by atoms with Crippen LogP contribution in [0.3, 0.4) is 0 Å². The maximum Gasteiger partial charge on any atom is 0.291 e. The van der Waals surface area contributed by atoms with Gasteiger partial charge in [0.2, 0.25) is 5.91 Å². The summed E-state index contributed by atoms with van der Waals surface area (Å²) in [5.74, 6) is 0.443. The van der Waals surface area contributed by atoms with Crippen LogP contribution in [0, 0.1) is 6.92 Å². The number of carbonyl (C=O) groups excluding carboxylic acids is 1. The van der Waals surface area contributed by atoms with Crippen LogP contribution in [0.4, 0.5) is 0 Å². The molecule has 1 amide bonds. The lowest BCUT2D eigenvalue weighted by Crippen LogP contribution is -2.39. The van der Waals surface area contributed by atoms with Crippen LogP contribution < -0.4 is 10.9 Å². The van der Waals surface area contributed by atoms with Gasteiger partial charge in [-0.25, -0.2) is 4.68 Å². The highest BCUT2D eigenvalue weighted by Crippen LogP contribution is 2.22. The van der Waals surface area contributed by atoms with Gasteiger partial charge in [0.05, 0.1) is 11.8 Å². The normalized spacial score (nSPS) is 16.5. The van der Waals surface area contributed by atoms with E-state index in [-0.39, 0.29) is 11.5 Å². The van der Waals surface area contributed by atoms with Crippen LogP contribution in [0.5, 0.6) is 0 Å². The Kier molecular flexibility index (Phi) is 5.94. The van der Waals surface area contributed by atoms with E-state index in [1.54, 1.807) is 29.7 Å². The quantitative estimate of drug-likeness (QED) is 0.602. The molecule has 0 aliphatic heterocycles. The third-order valence-electron chi connectivity index (χ3n) is 6.36. The van der Waals surface area contributed by atoms with Gasteiger partial charge in [-0.15, -0.1) is 0 Å². The van der Waals surface area contributed by atoms with Crippen LogP contribution in [0.15, 0.2) is 27.6 Å². The molecule has 4 rings (SSSR count). The lowest BCUT2D eigenvalue weighted by atomic mass is 9.94. The minimum absolute atomic E-state index is 0.191. The van der Waals surface area contributed by atoms with Gasteiger partial charge in [-0.3, -0.25) is 14.0 Å². The van der Waals surface area contributed by atoms with Crippen molar-refractivity contribution in [3.8, 4) is 0 Å². The molecule has 30 heavy (non-hydrogen) atoms. The Balaban J connectivity index is 1.38. The summed E-state index contributed by atoms with van der Waals surface area (Å²) in [5.41, 5.74) is 1.60. The number of hydrogen-bond donors (Lipinski definition) is 1. The number of nitrogens with one attached hydrogen (secondary N) is 1. The smallest absolute Gasteiger partial charge is 0.291 e. The number of aromatic nitrogens is 3. The van der Waals surface area contributed by atoms with Gasteiger partial charge in [0.1, 0.15) is 17.4 Å².